The van der Waals surface area contributed by atoms with Crippen LogP contribution in [0.2, 0.25) is 0 Å². The van der Waals surface area contributed by atoms with E-state index in [4.69, 9.17) is 9.84 Å². The molecule has 0 spiro atoms. The predicted molar refractivity (Wildman–Crippen MR) is 79.3 cm³/mol. The Bertz CT molecular complexity index is 450. The molecule has 0 radical (unpaired) electrons. The number of hydrogen-bond donors (Lipinski definition) is 1. The summed E-state index contributed by atoms with van der Waals surface area (Å²) in [6.45, 7) is 0.784. The number of carboxylic acid groups (broad SMARTS) is 1. The van der Waals surface area contributed by atoms with Gasteiger partial charge in [-0.2, -0.15) is 0 Å². The highest BCUT2D eigenvalue weighted by atomic mass is 16.5. The zero-order valence-corrected chi connectivity index (χ0v) is 12.5. The Balaban J connectivity index is 2.54. The van der Waals surface area contributed by atoms with Crippen molar-refractivity contribution >= 4 is 12.0 Å². The molecule has 1 aromatic carbocycles. The molecule has 116 valence electrons. The Morgan fingerprint density at radius 1 is 1.19 bits per heavy atom. The standard InChI is InChI=1S/C15H22N2O4/c1-16(9-8-13-6-4-3-5-7-13)15(20)17(10-11-21-2)12-14(18)19/h3-7H,8-12H2,1-2H3,(H,18,19). The van der Waals surface area contributed by atoms with Crippen LogP contribution in [-0.2, 0) is 16.0 Å². The number of carbonyl (C=O) groups is 2. The Morgan fingerprint density at radius 3 is 2.43 bits per heavy atom. The molecule has 0 heterocycles. The van der Waals surface area contributed by atoms with Crippen molar-refractivity contribution < 1.29 is 19.4 Å². The lowest BCUT2D eigenvalue weighted by Gasteiger charge is -2.26. The number of methoxy groups -OCH3 is 1. The number of ether oxygens (including phenoxy) is 1. The van der Waals surface area contributed by atoms with Crippen LogP contribution >= 0.6 is 0 Å². The smallest absolute Gasteiger partial charge is 0.323 e. The first-order valence-corrected chi connectivity index (χ1v) is 6.79. The quantitative estimate of drug-likeness (QED) is 0.785. The van der Waals surface area contributed by atoms with Gasteiger partial charge in [-0.25, -0.2) is 4.79 Å². The van der Waals surface area contributed by atoms with Crippen LogP contribution in [0, 0.1) is 0 Å². The summed E-state index contributed by atoms with van der Waals surface area (Å²) in [7, 11) is 3.19. The largest absolute Gasteiger partial charge is 0.480 e. The van der Waals surface area contributed by atoms with E-state index >= 15 is 0 Å². The topological polar surface area (TPSA) is 70.1 Å². The van der Waals surface area contributed by atoms with Gasteiger partial charge in [-0.1, -0.05) is 30.3 Å². The zero-order valence-electron chi connectivity index (χ0n) is 12.5. The van der Waals surface area contributed by atoms with Gasteiger partial charge in [-0.05, 0) is 12.0 Å². The van der Waals surface area contributed by atoms with Gasteiger partial charge in [0.25, 0.3) is 0 Å². The molecular weight excluding hydrogens is 272 g/mol. The van der Waals surface area contributed by atoms with Crippen LogP contribution in [0.3, 0.4) is 0 Å². The van der Waals surface area contributed by atoms with E-state index in [1.165, 1.54) is 16.9 Å². The number of amides is 2. The van der Waals surface area contributed by atoms with E-state index < -0.39 is 5.97 Å². The minimum Gasteiger partial charge on any atom is -0.480 e. The van der Waals surface area contributed by atoms with Crippen molar-refractivity contribution in [1.29, 1.82) is 0 Å². The van der Waals surface area contributed by atoms with Gasteiger partial charge < -0.3 is 19.6 Å². The Morgan fingerprint density at radius 2 is 1.86 bits per heavy atom. The SMILES string of the molecule is COCCN(CC(=O)O)C(=O)N(C)CCc1ccccc1. The van der Waals surface area contributed by atoms with E-state index in [1.54, 1.807) is 7.05 Å². The average Bonchev–Trinajstić information content (AvgIpc) is 2.49. The summed E-state index contributed by atoms with van der Waals surface area (Å²) in [5.74, 6) is -1.03. The molecule has 0 saturated carbocycles. The van der Waals surface area contributed by atoms with Crippen LogP contribution in [-0.4, -0.2) is 67.3 Å². The molecule has 6 nitrogen and oxygen atoms in total. The van der Waals surface area contributed by atoms with E-state index in [2.05, 4.69) is 0 Å². The highest BCUT2D eigenvalue weighted by molar-refractivity contribution is 5.80. The first-order valence-electron chi connectivity index (χ1n) is 6.79. The van der Waals surface area contributed by atoms with Crippen LogP contribution in [0.15, 0.2) is 30.3 Å². The molecule has 21 heavy (non-hydrogen) atoms. The minimum atomic E-state index is -1.03. The summed E-state index contributed by atoms with van der Waals surface area (Å²) in [6, 6.07) is 9.54. The van der Waals surface area contributed by atoms with Crippen LogP contribution in [0.5, 0.6) is 0 Å². The first-order chi connectivity index (χ1) is 10.0. The van der Waals surface area contributed by atoms with Crippen molar-refractivity contribution in [1.82, 2.24) is 9.80 Å². The van der Waals surface area contributed by atoms with E-state index in [0.717, 1.165) is 12.0 Å². The lowest BCUT2D eigenvalue weighted by atomic mass is 10.1. The molecule has 0 fully saturated rings. The van der Waals surface area contributed by atoms with E-state index in [1.807, 2.05) is 30.3 Å². The second kappa shape index (κ2) is 8.97. The van der Waals surface area contributed by atoms with Crippen molar-refractivity contribution in [2.75, 3.05) is 40.4 Å². The summed E-state index contributed by atoms with van der Waals surface area (Å²) < 4.78 is 4.91. The third-order valence-corrected chi connectivity index (χ3v) is 3.07. The van der Waals surface area contributed by atoms with Crippen molar-refractivity contribution in [3.8, 4) is 0 Å². The fraction of sp³-hybridized carbons (Fsp3) is 0.467. The molecule has 0 atom stereocenters. The lowest BCUT2D eigenvalue weighted by molar-refractivity contribution is -0.137. The molecule has 0 aliphatic rings. The molecule has 0 unspecified atom stereocenters. The minimum absolute atomic E-state index is 0.261. The fourth-order valence-corrected chi connectivity index (χ4v) is 1.89. The summed E-state index contributed by atoms with van der Waals surface area (Å²) in [6.07, 6.45) is 0.730. The molecule has 0 bridgehead atoms. The Hall–Kier alpha value is -2.08. The average molecular weight is 294 g/mol. The first kappa shape index (κ1) is 17.0. The molecule has 6 heteroatoms. The zero-order chi connectivity index (χ0) is 15.7. The maximum Gasteiger partial charge on any atom is 0.323 e. The number of benzene rings is 1. The fourth-order valence-electron chi connectivity index (χ4n) is 1.89. The maximum absolute atomic E-state index is 12.2. The number of carboxylic acids is 1. The molecular formula is C15H22N2O4. The van der Waals surface area contributed by atoms with Crippen LogP contribution in [0.4, 0.5) is 4.79 Å². The third-order valence-electron chi connectivity index (χ3n) is 3.07. The van der Waals surface area contributed by atoms with Gasteiger partial charge in [0.15, 0.2) is 0 Å². The molecule has 2 amide bonds. The van der Waals surface area contributed by atoms with E-state index in [0.29, 0.717) is 13.2 Å². The molecule has 1 N–H and O–H groups in total. The van der Waals surface area contributed by atoms with Crippen molar-refractivity contribution in [3.05, 3.63) is 35.9 Å². The van der Waals surface area contributed by atoms with Crippen LogP contribution in [0.1, 0.15) is 5.56 Å². The normalized spacial score (nSPS) is 10.2. The second-order valence-electron chi connectivity index (χ2n) is 4.75. The van der Waals surface area contributed by atoms with Crippen LogP contribution in [0.25, 0.3) is 0 Å². The van der Waals surface area contributed by atoms with Gasteiger partial charge in [-0.15, -0.1) is 0 Å². The Labute approximate surface area is 124 Å². The number of nitrogens with zero attached hydrogens (tertiary/aromatic N) is 2. The van der Waals surface area contributed by atoms with Crippen molar-refractivity contribution in [2.45, 2.75) is 6.42 Å². The van der Waals surface area contributed by atoms with Crippen molar-refractivity contribution in [3.63, 3.8) is 0 Å². The molecule has 1 aromatic rings. The van der Waals surface area contributed by atoms with Gasteiger partial charge in [0, 0.05) is 27.2 Å². The Kier molecular flexibility index (Phi) is 7.25. The highest BCUT2D eigenvalue weighted by Gasteiger charge is 2.19. The number of aliphatic carboxylic acids is 1. The van der Waals surface area contributed by atoms with Crippen molar-refractivity contribution in [2.24, 2.45) is 0 Å². The number of rotatable bonds is 8. The number of hydrogen-bond acceptors (Lipinski definition) is 3. The maximum atomic E-state index is 12.2. The van der Waals surface area contributed by atoms with Gasteiger partial charge in [0.2, 0.25) is 0 Å². The molecule has 0 aliphatic heterocycles. The number of urea groups is 1. The predicted octanol–water partition coefficient (Wildman–Crippen LogP) is 1.31. The van der Waals surface area contributed by atoms with E-state index in [9.17, 15) is 9.59 Å². The van der Waals surface area contributed by atoms with Gasteiger partial charge in [-0.3, -0.25) is 4.79 Å². The summed E-state index contributed by atoms with van der Waals surface area (Å²) in [5, 5.41) is 8.87. The molecule has 0 saturated heterocycles. The molecule has 0 aliphatic carbocycles. The van der Waals surface area contributed by atoms with Crippen LogP contribution < -0.4 is 0 Å². The third kappa shape index (κ3) is 6.27. The van der Waals surface area contributed by atoms with Gasteiger partial charge in [0.05, 0.1) is 6.61 Å². The highest BCUT2D eigenvalue weighted by Crippen LogP contribution is 2.03. The monoisotopic (exact) mass is 294 g/mol. The lowest BCUT2D eigenvalue weighted by Crippen LogP contribution is -2.45. The van der Waals surface area contributed by atoms with E-state index in [-0.39, 0.29) is 19.1 Å². The summed E-state index contributed by atoms with van der Waals surface area (Å²) in [5.41, 5.74) is 1.14. The summed E-state index contributed by atoms with van der Waals surface area (Å²) in [4.78, 5) is 25.9. The molecule has 0 aromatic heterocycles. The van der Waals surface area contributed by atoms with Gasteiger partial charge in [0.1, 0.15) is 6.54 Å². The second-order valence-corrected chi connectivity index (χ2v) is 4.75. The number of likely N-dealkylation sites (N-methyl/N-ethyl adjacent to an activating group) is 1. The number of carbonyl (C=O) groups excluding carboxylic acids is 1. The van der Waals surface area contributed by atoms with Gasteiger partial charge >= 0.3 is 12.0 Å². The molecule has 1 rings (SSSR count). The summed E-state index contributed by atoms with van der Waals surface area (Å²) >= 11 is 0.